The molecule has 5 heteroatoms. The van der Waals surface area contributed by atoms with Crippen LogP contribution in [0.4, 0.5) is 0 Å². The van der Waals surface area contributed by atoms with Gasteiger partial charge in [-0.25, -0.2) is 0 Å². The smallest absolute Gasteiger partial charge is 0.252 e. The molecule has 19 heavy (non-hydrogen) atoms. The Morgan fingerprint density at radius 2 is 2.32 bits per heavy atom. The lowest BCUT2D eigenvalue weighted by molar-refractivity contribution is 0.0937. The van der Waals surface area contributed by atoms with Crippen LogP contribution in [0.3, 0.4) is 0 Å². The summed E-state index contributed by atoms with van der Waals surface area (Å²) in [6, 6.07) is 5.84. The first-order valence-corrected chi connectivity index (χ1v) is 8.80. The molecule has 0 aromatic heterocycles. The Morgan fingerprint density at radius 3 is 3.05 bits per heavy atom. The average Bonchev–Trinajstić information content (AvgIpc) is 2.80. The van der Waals surface area contributed by atoms with Crippen LogP contribution in [0, 0.1) is 0 Å². The Kier molecular flexibility index (Phi) is 5.66. The van der Waals surface area contributed by atoms with Gasteiger partial charge in [0.25, 0.3) is 5.91 Å². The normalized spacial score (nSPS) is 22.5. The van der Waals surface area contributed by atoms with Crippen LogP contribution >= 0.6 is 40.3 Å². The lowest BCUT2D eigenvalue weighted by Crippen LogP contribution is -2.33. The largest absolute Gasteiger partial charge is 0.349 e. The third-order valence-electron chi connectivity index (χ3n) is 3.32. The van der Waals surface area contributed by atoms with Gasteiger partial charge in [-0.1, -0.05) is 6.92 Å². The minimum atomic E-state index is -0.00470. The number of hydrogen-bond acceptors (Lipinski definition) is 3. The molecule has 0 saturated heterocycles. The van der Waals surface area contributed by atoms with E-state index in [1.54, 1.807) is 6.07 Å². The standard InChI is InChI=1S/C14H18BrNOS2/c1-2-19-11-5-3-9(7-11)16-14(17)12-8-10(18)4-6-13(12)15/h4,6,8-9,11,18H,2-3,5,7H2,1H3,(H,16,17). The van der Waals surface area contributed by atoms with E-state index >= 15 is 0 Å². The number of halogens is 1. The van der Waals surface area contributed by atoms with E-state index in [9.17, 15) is 4.79 Å². The fraction of sp³-hybridized carbons (Fsp3) is 0.500. The van der Waals surface area contributed by atoms with Gasteiger partial charge >= 0.3 is 0 Å². The highest BCUT2D eigenvalue weighted by Gasteiger charge is 2.26. The van der Waals surface area contributed by atoms with Crippen molar-refractivity contribution in [1.82, 2.24) is 5.32 Å². The van der Waals surface area contributed by atoms with Crippen LogP contribution in [0.25, 0.3) is 0 Å². The summed E-state index contributed by atoms with van der Waals surface area (Å²) < 4.78 is 0.820. The van der Waals surface area contributed by atoms with E-state index in [2.05, 4.69) is 40.8 Å². The van der Waals surface area contributed by atoms with Gasteiger partial charge < -0.3 is 5.32 Å². The molecule has 1 aliphatic rings. The highest BCUT2D eigenvalue weighted by molar-refractivity contribution is 9.10. The lowest BCUT2D eigenvalue weighted by Gasteiger charge is -2.14. The molecule has 1 amide bonds. The van der Waals surface area contributed by atoms with Crippen molar-refractivity contribution in [3.63, 3.8) is 0 Å². The molecule has 1 fully saturated rings. The zero-order chi connectivity index (χ0) is 13.8. The van der Waals surface area contributed by atoms with Crippen LogP contribution in [0.2, 0.25) is 0 Å². The highest BCUT2D eigenvalue weighted by atomic mass is 79.9. The first kappa shape index (κ1) is 15.3. The molecule has 0 radical (unpaired) electrons. The quantitative estimate of drug-likeness (QED) is 0.790. The summed E-state index contributed by atoms with van der Waals surface area (Å²) in [7, 11) is 0. The molecule has 2 nitrogen and oxygen atoms in total. The van der Waals surface area contributed by atoms with Crippen LogP contribution in [0.5, 0.6) is 0 Å². The highest BCUT2D eigenvalue weighted by Crippen LogP contribution is 2.30. The van der Waals surface area contributed by atoms with Crippen molar-refractivity contribution in [3.05, 3.63) is 28.2 Å². The molecule has 2 atom stereocenters. The van der Waals surface area contributed by atoms with Gasteiger partial charge in [-0.15, -0.1) is 12.6 Å². The predicted octanol–water partition coefficient (Wildman–Crippen LogP) is 4.14. The maximum atomic E-state index is 12.3. The summed E-state index contributed by atoms with van der Waals surface area (Å²) in [6.45, 7) is 2.19. The Balaban J connectivity index is 1.96. The molecular weight excluding hydrogens is 342 g/mol. The molecule has 1 N–H and O–H groups in total. The molecule has 0 bridgehead atoms. The van der Waals surface area contributed by atoms with Crippen molar-refractivity contribution in [2.75, 3.05) is 5.75 Å². The number of thioether (sulfide) groups is 1. The van der Waals surface area contributed by atoms with Crippen LogP contribution in [0.15, 0.2) is 27.6 Å². The van der Waals surface area contributed by atoms with E-state index in [-0.39, 0.29) is 5.91 Å². The summed E-state index contributed by atoms with van der Waals surface area (Å²) in [5, 5.41) is 3.84. The number of rotatable bonds is 4. The van der Waals surface area contributed by atoms with E-state index in [0.717, 1.165) is 28.0 Å². The number of carbonyl (C=O) groups excluding carboxylic acids is 1. The Hall–Kier alpha value is -0.130. The zero-order valence-electron chi connectivity index (χ0n) is 10.9. The van der Waals surface area contributed by atoms with Gasteiger partial charge in [-0.05, 0) is 59.1 Å². The van der Waals surface area contributed by atoms with Crippen LogP contribution < -0.4 is 5.32 Å². The van der Waals surface area contributed by atoms with Gasteiger partial charge in [0.05, 0.1) is 5.56 Å². The zero-order valence-corrected chi connectivity index (χ0v) is 14.2. The summed E-state index contributed by atoms with van der Waals surface area (Å²) in [4.78, 5) is 13.1. The molecule has 0 aliphatic heterocycles. The van der Waals surface area contributed by atoms with Gasteiger partial charge in [0.1, 0.15) is 0 Å². The van der Waals surface area contributed by atoms with Crippen LogP contribution in [0.1, 0.15) is 36.5 Å². The van der Waals surface area contributed by atoms with Crippen molar-refractivity contribution in [3.8, 4) is 0 Å². The second-order valence-electron chi connectivity index (χ2n) is 4.72. The molecule has 1 saturated carbocycles. The second kappa shape index (κ2) is 7.04. The average molecular weight is 360 g/mol. The molecular formula is C14H18BrNOS2. The summed E-state index contributed by atoms with van der Waals surface area (Å²) in [5.41, 5.74) is 0.666. The SMILES string of the molecule is CCSC1CCC(NC(=O)c2cc(S)ccc2Br)C1. The lowest BCUT2D eigenvalue weighted by atomic mass is 10.2. The Morgan fingerprint density at radius 1 is 1.53 bits per heavy atom. The molecule has 1 aliphatic carbocycles. The fourth-order valence-electron chi connectivity index (χ4n) is 2.41. The van der Waals surface area contributed by atoms with Crippen molar-refractivity contribution in [2.45, 2.75) is 42.4 Å². The number of carbonyl (C=O) groups is 1. The number of amides is 1. The molecule has 2 unspecified atom stereocenters. The Labute approximate surface area is 132 Å². The minimum absolute atomic E-state index is 0.00470. The van der Waals surface area contributed by atoms with E-state index in [4.69, 9.17) is 0 Å². The second-order valence-corrected chi connectivity index (χ2v) is 7.67. The molecule has 0 heterocycles. The van der Waals surface area contributed by atoms with E-state index in [1.807, 2.05) is 23.9 Å². The molecule has 0 spiro atoms. The van der Waals surface area contributed by atoms with Crippen LogP contribution in [-0.2, 0) is 0 Å². The van der Waals surface area contributed by atoms with Gasteiger partial charge in [-0.2, -0.15) is 11.8 Å². The monoisotopic (exact) mass is 359 g/mol. The van der Waals surface area contributed by atoms with E-state index in [0.29, 0.717) is 16.9 Å². The summed E-state index contributed by atoms with van der Waals surface area (Å²) >= 11 is 9.70. The molecule has 1 aromatic carbocycles. The van der Waals surface area contributed by atoms with E-state index in [1.165, 1.54) is 6.42 Å². The summed E-state index contributed by atoms with van der Waals surface area (Å²) in [6.07, 6.45) is 3.38. The molecule has 1 aromatic rings. The Bertz CT molecular complexity index is 467. The van der Waals surface area contributed by atoms with Gasteiger partial charge in [0.15, 0.2) is 0 Å². The van der Waals surface area contributed by atoms with E-state index < -0.39 is 0 Å². The third-order valence-corrected chi connectivity index (χ3v) is 5.52. The first-order valence-electron chi connectivity index (χ1n) is 6.51. The summed E-state index contributed by atoms with van der Waals surface area (Å²) in [5.74, 6) is 1.15. The predicted molar refractivity (Wildman–Crippen MR) is 88.4 cm³/mol. The third kappa shape index (κ3) is 4.17. The number of benzene rings is 1. The number of nitrogens with one attached hydrogen (secondary N) is 1. The number of thiol groups is 1. The fourth-order valence-corrected chi connectivity index (χ4v) is 4.18. The molecule has 2 rings (SSSR count). The number of hydrogen-bond donors (Lipinski definition) is 2. The van der Waals surface area contributed by atoms with Crippen molar-refractivity contribution in [2.24, 2.45) is 0 Å². The van der Waals surface area contributed by atoms with Gasteiger partial charge in [0.2, 0.25) is 0 Å². The molecule has 104 valence electrons. The van der Waals surface area contributed by atoms with Crippen molar-refractivity contribution >= 4 is 46.2 Å². The maximum absolute atomic E-state index is 12.3. The van der Waals surface area contributed by atoms with Crippen molar-refractivity contribution < 1.29 is 4.79 Å². The van der Waals surface area contributed by atoms with Crippen LogP contribution in [-0.4, -0.2) is 23.0 Å². The minimum Gasteiger partial charge on any atom is -0.349 e. The van der Waals surface area contributed by atoms with Gasteiger partial charge in [-0.3, -0.25) is 4.79 Å². The van der Waals surface area contributed by atoms with Gasteiger partial charge in [0, 0.05) is 20.7 Å². The maximum Gasteiger partial charge on any atom is 0.252 e. The van der Waals surface area contributed by atoms with Crippen molar-refractivity contribution in [1.29, 1.82) is 0 Å². The first-order chi connectivity index (χ1) is 9.10. The topological polar surface area (TPSA) is 29.1 Å².